The zero-order valence-electron chi connectivity index (χ0n) is 16.9. The minimum absolute atomic E-state index is 0.257. The van der Waals surface area contributed by atoms with Gasteiger partial charge in [-0.25, -0.2) is 0 Å². The third-order valence-electron chi connectivity index (χ3n) is 5.40. The van der Waals surface area contributed by atoms with Crippen molar-refractivity contribution in [1.82, 2.24) is 0 Å². The van der Waals surface area contributed by atoms with E-state index in [0.29, 0.717) is 23.9 Å². The highest BCUT2D eigenvalue weighted by Gasteiger charge is 2.24. The van der Waals surface area contributed by atoms with Crippen LogP contribution in [0.5, 0.6) is 28.7 Å². The van der Waals surface area contributed by atoms with Crippen LogP contribution >= 0.6 is 0 Å². The zero-order chi connectivity index (χ0) is 20.1. The molecule has 0 saturated heterocycles. The summed E-state index contributed by atoms with van der Waals surface area (Å²) >= 11 is 0. The summed E-state index contributed by atoms with van der Waals surface area (Å²) in [6.45, 7) is 2.75. The van der Waals surface area contributed by atoms with Gasteiger partial charge in [0.1, 0.15) is 7.05 Å². The highest BCUT2D eigenvalue weighted by atomic mass is 16.7. The van der Waals surface area contributed by atoms with E-state index in [2.05, 4.69) is 29.0 Å². The van der Waals surface area contributed by atoms with Crippen LogP contribution in [0.4, 0.5) is 0 Å². The fourth-order valence-corrected chi connectivity index (χ4v) is 4.19. The van der Waals surface area contributed by atoms with Crippen molar-refractivity contribution < 1.29 is 28.3 Å². The molecule has 6 heteroatoms. The lowest BCUT2D eigenvalue weighted by Crippen LogP contribution is -2.28. The number of hydrogen-bond donors (Lipinski definition) is 0. The van der Waals surface area contributed by atoms with Crippen LogP contribution in [0.3, 0.4) is 0 Å². The number of pyridine rings is 1. The monoisotopic (exact) mass is 392 g/mol. The molecule has 0 bridgehead atoms. The molecule has 1 aromatic heterocycles. The molecule has 0 spiro atoms. The fraction of sp³-hybridized carbons (Fsp3) is 0.261. The van der Waals surface area contributed by atoms with E-state index in [-0.39, 0.29) is 6.79 Å². The van der Waals surface area contributed by atoms with Gasteiger partial charge >= 0.3 is 0 Å². The summed E-state index contributed by atoms with van der Waals surface area (Å²) in [5.41, 5.74) is 1.10. The average molecular weight is 392 g/mol. The maximum Gasteiger partial charge on any atom is 0.231 e. The Morgan fingerprint density at radius 2 is 1.66 bits per heavy atom. The average Bonchev–Trinajstić information content (AvgIpc) is 3.18. The van der Waals surface area contributed by atoms with Crippen LogP contribution in [0.25, 0.3) is 32.4 Å². The Morgan fingerprint density at radius 1 is 0.897 bits per heavy atom. The summed E-state index contributed by atoms with van der Waals surface area (Å²) in [6.07, 6.45) is 2.07. The molecule has 148 valence electrons. The Bertz CT molecular complexity index is 1280. The molecule has 1 aliphatic rings. The highest BCUT2D eigenvalue weighted by Crippen LogP contribution is 2.46. The predicted octanol–water partition coefficient (Wildman–Crippen LogP) is 4.12. The van der Waals surface area contributed by atoms with Crippen LogP contribution in [0.2, 0.25) is 0 Å². The molecule has 4 aromatic rings. The van der Waals surface area contributed by atoms with E-state index in [9.17, 15) is 0 Å². The maximum absolute atomic E-state index is 5.86. The van der Waals surface area contributed by atoms with E-state index in [1.165, 1.54) is 0 Å². The summed E-state index contributed by atoms with van der Waals surface area (Å²) in [5, 5.41) is 5.30. The minimum atomic E-state index is 0.257. The highest BCUT2D eigenvalue weighted by molar-refractivity contribution is 6.15. The summed E-state index contributed by atoms with van der Waals surface area (Å²) in [5.74, 6) is 3.49. The zero-order valence-corrected chi connectivity index (χ0v) is 16.9. The van der Waals surface area contributed by atoms with Crippen LogP contribution in [0.15, 0.2) is 36.5 Å². The van der Waals surface area contributed by atoms with Crippen molar-refractivity contribution in [2.75, 3.05) is 27.6 Å². The number of fused-ring (bicyclic) bond motifs is 6. The largest absolute Gasteiger partial charge is 0.492 e. The van der Waals surface area contributed by atoms with Gasteiger partial charge in [0, 0.05) is 5.39 Å². The molecular formula is C23H22NO5+. The Labute approximate surface area is 168 Å². The van der Waals surface area contributed by atoms with Crippen molar-refractivity contribution in [2.24, 2.45) is 7.05 Å². The molecule has 0 N–H and O–H groups in total. The van der Waals surface area contributed by atoms with Crippen molar-refractivity contribution in [3.05, 3.63) is 36.5 Å². The van der Waals surface area contributed by atoms with Gasteiger partial charge in [0.25, 0.3) is 0 Å². The maximum atomic E-state index is 5.86. The molecule has 0 aliphatic carbocycles. The first-order valence-corrected chi connectivity index (χ1v) is 9.52. The number of nitrogens with zero attached hydrogens (tertiary/aromatic N) is 1. The molecule has 1 aliphatic heterocycles. The van der Waals surface area contributed by atoms with Gasteiger partial charge in [0.15, 0.2) is 29.2 Å². The third kappa shape index (κ3) is 2.52. The van der Waals surface area contributed by atoms with Crippen molar-refractivity contribution in [2.45, 2.75) is 6.92 Å². The molecule has 2 heterocycles. The smallest absolute Gasteiger partial charge is 0.231 e. The van der Waals surface area contributed by atoms with Crippen LogP contribution in [0, 0.1) is 0 Å². The van der Waals surface area contributed by atoms with Crippen molar-refractivity contribution in [1.29, 1.82) is 0 Å². The Hall–Kier alpha value is -3.41. The molecule has 29 heavy (non-hydrogen) atoms. The second-order valence-corrected chi connectivity index (χ2v) is 6.96. The second-order valence-electron chi connectivity index (χ2n) is 6.96. The van der Waals surface area contributed by atoms with Crippen LogP contribution in [-0.4, -0.2) is 27.6 Å². The number of rotatable bonds is 4. The first-order chi connectivity index (χ1) is 14.2. The number of aryl methyl sites for hydroxylation is 1. The van der Waals surface area contributed by atoms with Gasteiger partial charge in [-0.05, 0) is 36.6 Å². The van der Waals surface area contributed by atoms with E-state index in [1.54, 1.807) is 14.2 Å². The van der Waals surface area contributed by atoms with E-state index in [0.717, 1.165) is 43.9 Å². The molecule has 0 radical (unpaired) electrons. The molecular weight excluding hydrogens is 370 g/mol. The lowest BCUT2D eigenvalue weighted by Gasteiger charge is -2.16. The normalized spacial score (nSPS) is 12.7. The van der Waals surface area contributed by atoms with Gasteiger partial charge in [-0.2, -0.15) is 4.57 Å². The molecule has 0 fully saturated rings. The Kier molecular flexibility index (Phi) is 4.01. The Morgan fingerprint density at radius 3 is 2.38 bits per heavy atom. The van der Waals surface area contributed by atoms with Crippen LogP contribution in [-0.2, 0) is 7.05 Å². The van der Waals surface area contributed by atoms with Gasteiger partial charge in [-0.15, -0.1) is 0 Å². The topological polar surface area (TPSA) is 50.0 Å². The van der Waals surface area contributed by atoms with E-state index in [1.807, 2.05) is 26.1 Å². The summed E-state index contributed by atoms with van der Waals surface area (Å²) < 4.78 is 30.5. The van der Waals surface area contributed by atoms with Gasteiger partial charge in [0.05, 0.1) is 37.0 Å². The summed E-state index contributed by atoms with van der Waals surface area (Å²) in [7, 11) is 5.32. The fourth-order valence-electron chi connectivity index (χ4n) is 4.19. The molecule has 3 aromatic carbocycles. The lowest BCUT2D eigenvalue weighted by atomic mass is 9.99. The first-order valence-electron chi connectivity index (χ1n) is 9.52. The molecule has 0 amide bonds. The molecule has 0 unspecified atom stereocenters. The van der Waals surface area contributed by atoms with Gasteiger partial charge in [-0.1, -0.05) is 6.07 Å². The molecule has 0 saturated carbocycles. The van der Waals surface area contributed by atoms with E-state index < -0.39 is 0 Å². The number of benzene rings is 3. The van der Waals surface area contributed by atoms with Gasteiger partial charge in [-0.3, -0.25) is 0 Å². The summed E-state index contributed by atoms with van der Waals surface area (Å²) in [4.78, 5) is 0. The van der Waals surface area contributed by atoms with Crippen molar-refractivity contribution in [3.8, 4) is 28.7 Å². The third-order valence-corrected chi connectivity index (χ3v) is 5.40. The van der Waals surface area contributed by atoms with Crippen molar-refractivity contribution >= 4 is 32.4 Å². The van der Waals surface area contributed by atoms with Crippen LogP contribution < -0.4 is 28.3 Å². The molecule has 5 rings (SSSR count). The number of aromatic nitrogens is 1. The molecule has 0 atom stereocenters. The lowest BCUT2D eigenvalue weighted by molar-refractivity contribution is -0.642. The SMILES string of the molecule is CCOc1cc2c(c[n+](C)c3c4cc5c(cc4ccc23)OCO5)c(OC)c1OC. The first kappa shape index (κ1) is 17.7. The van der Waals surface area contributed by atoms with E-state index >= 15 is 0 Å². The van der Waals surface area contributed by atoms with Gasteiger partial charge in [0.2, 0.25) is 18.1 Å². The Balaban J connectivity index is 1.93. The quantitative estimate of drug-likeness (QED) is 0.386. The molecule has 6 nitrogen and oxygen atoms in total. The van der Waals surface area contributed by atoms with E-state index in [4.69, 9.17) is 23.7 Å². The van der Waals surface area contributed by atoms with Gasteiger partial charge < -0.3 is 23.7 Å². The second kappa shape index (κ2) is 6.58. The number of methoxy groups -OCH3 is 2. The predicted molar refractivity (Wildman–Crippen MR) is 111 cm³/mol. The minimum Gasteiger partial charge on any atom is -0.492 e. The summed E-state index contributed by atoms with van der Waals surface area (Å²) in [6, 6.07) is 10.3. The van der Waals surface area contributed by atoms with Crippen LogP contribution in [0.1, 0.15) is 6.92 Å². The van der Waals surface area contributed by atoms with Crippen molar-refractivity contribution in [3.63, 3.8) is 0 Å². The standard InChI is InChI=1S/C23H22NO5/c1-5-27-20-10-16-14-7-6-13-8-18-19(29-12-28-18)9-15(13)21(14)24(2)11-17(16)22(25-3)23(20)26-4/h6-11H,5,12H2,1-4H3/q+1. The number of hydrogen-bond acceptors (Lipinski definition) is 5. The number of ether oxygens (including phenoxy) is 5.